The van der Waals surface area contributed by atoms with Crippen LogP contribution in [-0.4, -0.2) is 38.9 Å². The molecule has 1 aromatic rings. The minimum atomic E-state index is -3.74. The van der Waals surface area contributed by atoms with E-state index >= 15 is 0 Å². The van der Waals surface area contributed by atoms with Crippen LogP contribution in [-0.2, 0) is 19.6 Å². The third-order valence-electron chi connectivity index (χ3n) is 2.96. The molecule has 0 bridgehead atoms. The van der Waals surface area contributed by atoms with Crippen molar-refractivity contribution in [2.45, 2.75) is 24.8 Å². The van der Waals surface area contributed by atoms with Crippen LogP contribution in [0.25, 0.3) is 0 Å². The number of benzene rings is 1. The van der Waals surface area contributed by atoms with Gasteiger partial charge < -0.3 is 4.74 Å². The van der Waals surface area contributed by atoms with Crippen LogP contribution >= 0.6 is 15.9 Å². The molecule has 1 atom stereocenters. The van der Waals surface area contributed by atoms with E-state index in [0.717, 1.165) is 8.78 Å². The molecule has 0 aromatic heterocycles. The lowest BCUT2D eigenvalue weighted by Crippen LogP contribution is -2.46. The lowest BCUT2D eigenvalue weighted by molar-refractivity contribution is -0.146. The number of sulfonamides is 1. The number of esters is 1. The number of halogens is 1. The van der Waals surface area contributed by atoms with Crippen molar-refractivity contribution in [1.29, 1.82) is 0 Å². The predicted molar refractivity (Wildman–Crippen MR) is 79.7 cm³/mol. The van der Waals surface area contributed by atoms with E-state index in [1.807, 2.05) is 0 Å². The highest BCUT2D eigenvalue weighted by atomic mass is 79.9. The van der Waals surface area contributed by atoms with Gasteiger partial charge in [-0.15, -0.1) is 0 Å². The fourth-order valence-corrected chi connectivity index (χ4v) is 3.59. The summed E-state index contributed by atoms with van der Waals surface area (Å²) in [7, 11) is -1.11. The van der Waals surface area contributed by atoms with E-state index in [1.165, 1.54) is 26.3 Å². The summed E-state index contributed by atoms with van der Waals surface area (Å²) >= 11 is 3.25. The van der Waals surface area contributed by atoms with Crippen LogP contribution in [0.5, 0.6) is 0 Å². The van der Waals surface area contributed by atoms with E-state index in [1.54, 1.807) is 26.0 Å². The summed E-state index contributed by atoms with van der Waals surface area (Å²) in [5, 5.41) is 0. The average molecular weight is 364 g/mol. The SMILES string of the molecule is COC(=O)[C@H](C(C)C)N(C)S(=O)(=O)c1ccc(Br)cc1. The van der Waals surface area contributed by atoms with Crippen molar-refractivity contribution >= 4 is 31.9 Å². The zero-order chi connectivity index (χ0) is 15.5. The zero-order valence-electron chi connectivity index (χ0n) is 11.8. The second-order valence-corrected chi connectivity index (χ2v) is 7.60. The van der Waals surface area contributed by atoms with Crippen LogP contribution in [0.2, 0.25) is 0 Å². The lowest BCUT2D eigenvalue weighted by atomic mass is 10.1. The first-order chi connectivity index (χ1) is 9.21. The van der Waals surface area contributed by atoms with Crippen molar-refractivity contribution in [1.82, 2.24) is 4.31 Å². The van der Waals surface area contributed by atoms with Crippen molar-refractivity contribution in [3.8, 4) is 0 Å². The number of likely N-dealkylation sites (N-methyl/N-ethyl adjacent to an activating group) is 1. The number of carbonyl (C=O) groups excluding carboxylic acids is 1. The number of carbonyl (C=O) groups is 1. The van der Waals surface area contributed by atoms with Crippen LogP contribution in [0.15, 0.2) is 33.6 Å². The predicted octanol–water partition coefficient (Wildman–Crippen LogP) is 2.27. The van der Waals surface area contributed by atoms with Gasteiger partial charge in [0.2, 0.25) is 10.0 Å². The molecule has 0 fully saturated rings. The third-order valence-corrected chi connectivity index (χ3v) is 5.34. The Labute approximate surface area is 128 Å². The molecule has 20 heavy (non-hydrogen) atoms. The molecule has 0 saturated heterocycles. The van der Waals surface area contributed by atoms with Crippen molar-refractivity contribution < 1.29 is 17.9 Å². The summed E-state index contributed by atoms with van der Waals surface area (Å²) in [5.41, 5.74) is 0. The first-order valence-corrected chi connectivity index (χ1v) is 8.26. The smallest absolute Gasteiger partial charge is 0.324 e. The molecule has 112 valence electrons. The molecule has 1 aromatic carbocycles. The quantitative estimate of drug-likeness (QED) is 0.752. The molecular formula is C13H18BrNO4S. The number of hydrogen-bond acceptors (Lipinski definition) is 4. The highest BCUT2D eigenvalue weighted by Crippen LogP contribution is 2.22. The summed E-state index contributed by atoms with van der Waals surface area (Å²) < 4.78 is 31.6. The monoisotopic (exact) mass is 363 g/mol. The molecule has 0 heterocycles. The molecule has 0 aliphatic carbocycles. The standard InChI is InChI=1S/C13H18BrNO4S/c1-9(2)12(13(16)19-4)15(3)20(17,18)11-7-5-10(14)6-8-11/h5-9,12H,1-4H3/t12-/m0/s1. The van der Waals surface area contributed by atoms with Gasteiger partial charge >= 0.3 is 5.97 Å². The van der Waals surface area contributed by atoms with Crippen molar-refractivity contribution in [3.05, 3.63) is 28.7 Å². The zero-order valence-corrected chi connectivity index (χ0v) is 14.2. The van der Waals surface area contributed by atoms with Crippen LogP contribution in [0.3, 0.4) is 0 Å². The fourth-order valence-electron chi connectivity index (χ4n) is 1.88. The van der Waals surface area contributed by atoms with Crippen LogP contribution < -0.4 is 0 Å². The van der Waals surface area contributed by atoms with E-state index in [0.29, 0.717) is 0 Å². The van der Waals surface area contributed by atoms with Crippen LogP contribution in [0, 0.1) is 5.92 Å². The minimum absolute atomic E-state index is 0.137. The molecular weight excluding hydrogens is 346 g/mol. The number of rotatable bonds is 5. The van der Waals surface area contributed by atoms with Crippen LogP contribution in [0.4, 0.5) is 0 Å². The summed E-state index contributed by atoms with van der Waals surface area (Å²) in [6.07, 6.45) is 0. The molecule has 0 saturated carbocycles. The van der Waals surface area contributed by atoms with Gasteiger partial charge in [-0.1, -0.05) is 29.8 Å². The number of hydrogen-bond donors (Lipinski definition) is 0. The fraction of sp³-hybridized carbons (Fsp3) is 0.462. The van der Waals surface area contributed by atoms with Crippen molar-refractivity contribution in [2.75, 3.05) is 14.2 Å². The van der Waals surface area contributed by atoms with E-state index in [4.69, 9.17) is 4.74 Å². The maximum Gasteiger partial charge on any atom is 0.324 e. The van der Waals surface area contributed by atoms with E-state index in [2.05, 4.69) is 15.9 Å². The highest BCUT2D eigenvalue weighted by molar-refractivity contribution is 9.10. The normalized spacial score (nSPS) is 13.6. The average Bonchev–Trinajstić information content (AvgIpc) is 2.38. The molecule has 0 radical (unpaired) electrons. The van der Waals surface area contributed by atoms with Gasteiger partial charge in [0.05, 0.1) is 12.0 Å². The first kappa shape index (κ1) is 17.1. The summed E-state index contributed by atoms with van der Waals surface area (Å²) in [6, 6.07) is 5.41. The van der Waals surface area contributed by atoms with Crippen LogP contribution in [0.1, 0.15) is 13.8 Å². The lowest BCUT2D eigenvalue weighted by Gasteiger charge is -2.28. The Morgan fingerprint density at radius 3 is 2.15 bits per heavy atom. The second-order valence-electron chi connectivity index (χ2n) is 4.69. The Morgan fingerprint density at radius 2 is 1.75 bits per heavy atom. The van der Waals surface area contributed by atoms with Gasteiger partial charge in [-0.05, 0) is 30.2 Å². The van der Waals surface area contributed by atoms with Crippen molar-refractivity contribution in [2.24, 2.45) is 5.92 Å². The Morgan fingerprint density at radius 1 is 1.25 bits per heavy atom. The molecule has 0 spiro atoms. The molecule has 0 aliphatic heterocycles. The summed E-state index contributed by atoms with van der Waals surface area (Å²) in [6.45, 7) is 3.55. The molecule has 0 amide bonds. The van der Waals surface area contributed by atoms with Gasteiger partial charge in [0.1, 0.15) is 6.04 Å². The Bertz CT molecular complexity index is 569. The maximum atomic E-state index is 12.5. The maximum absolute atomic E-state index is 12.5. The number of nitrogens with zero attached hydrogens (tertiary/aromatic N) is 1. The van der Waals surface area contributed by atoms with Gasteiger partial charge in [-0.3, -0.25) is 4.79 Å². The van der Waals surface area contributed by atoms with E-state index in [9.17, 15) is 13.2 Å². The Balaban J connectivity index is 3.19. The molecule has 1 rings (SSSR count). The first-order valence-electron chi connectivity index (χ1n) is 6.03. The summed E-state index contributed by atoms with van der Waals surface area (Å²) in [5.74, 6) is -0.763. The second kappa shape index (κ2) is 6.69. The molecule has 0 aliphatic rings. The van der Waals surface area contributed by atoms with E-state index < -0.39 is 22.0 Å². The number of methoxy groups -OCH3 is 1. The Kier molecular flexibility index (Phi) is 5.73. The van der Waals surface area contributed by atoms with Gasteiger partial charge in [-0.2, -0.15) is 4.31 Å². The molecule has 5 nitrogen and oxygen atoms in total. The van der Waals surface area contributed by atoms with Gasteiger partial charge in [0.25, 0.3) is 0 Å². The van der Waals surface area contributed by atoms with Crippen molar-refractivity contribution in [3.63, 3.8) is 0 Å². The topological polar surface area (TPSA) is 63.7 Å². The molecule has 7 heteroatoms. The number of ether oxygens (including phenoxy) is 1. The van der Waals surface area contributed by atoms with Gasteiger partial charge in [0.15, 0.2) is 0 Å². The summed E-state index contributed by atoms with van der Waals surface area (Å²) in [4.78, 5) is 11.9. The minimum Gasteiger partial charge on any atom is -0.468 e. The molecule has 0 N–H and O–H groups in total. The van der Waals surface area contributed by atoms with E-state index in [-0.39, 0.29) is 10.8 Å². The Hall–Kier alpha value is -0.920. The third kappa shape index (κ3) is 3.59. The van der Waals surface area contributed by atoms with Gasteiger partial charge in [-0.25, -0.2) is 8.42 Å². The van der Waals surface area contributed by atoms with Gasteiger partial charge in [0, 0.05) is 11.5 Å². The highest BCUT2D eigenvalue weighted by Gasteiger charge is 2.35. The molecule has 0 unspecified atom stereocenters. The largest absolute Gasteiger partial charge is 0.468 e.